The maximum atomic E-state index is 13.4. The molecule has 2 aromatic heterocycles. The molecule has 2 saturated heterocycles. The third-order valence-corrected chi connectivity index (χ3v) is 7.93. The highest BCUT2D eigenvalue weighted by molar-refractivity contribution is 6.41. The van der Waals surface area contributed by atoms with Gasteiger partial charge in [-0.15, -0.1) is 0 Å². The number of halogens is 2. The zero-order chi connectivity index (χ0) is 27.4. The van der Waals surface area contributed by atoms with Crippen molar-refractivity contribution in [2.75, 3.05) is 42.9 Å². The molecule has 0 atom stereocenters. The Morgan fingerprint density at radius 2 is 1.82 bits per heavy atom. The average molecular weight is 543 g/mol. The lowest BCUT2D eigenvalue weighted by molar-refractivity contribution is 0.102. The number of benzene rings is 1. The van der Waals surface area contributed by atoms with Crippen molar-refractivity contribution in [3.05, 3.63) is 83.0 Å². The van der Waals surface area contributed by atoms with E-state index in [2.05, 4.69) is 25.1 Å². The molecule has 4 radical (unpaired) electrons. The first-order chi connectivity index (χ1) is 18.8. The molecule has 0 aliphatic carbocycles. The summed E-state index contributed by atoms with van der Waals surface area (Å²) < 4.78 is 13.4. The number of carbonyl (C=O) groups excluding carboxylic acids is 1. The predicted molar refractivity (Wildman–Crippen MR) is 154 cm³/mol. The fourth-order valence-electron chi connectivity index (χ4n) is 5.36. The van der Waals surface area contributed by atoms with E-state index in [0.29, 0.717) is 42.1 Å². The van der Waals surface area contributed by atoms with Crippen LogP contribution in [0, 0.1) is 5.82 Å². The van der Waals surface area contributed by atoms with E-state index in [4.69, 9.17) is 27.3 Å². The number of carbonyl (C=O) groups is 1. The maximum absolute atomic E-state index is 13.4. The third-order valence-electron chi connectivity index (χ3n) is 7.58. The minimum Gasteiger partial charge on any atom is -0.367 e. The number of pyridine rings is 2. The third kappa shape index (κ3) is 6.80. The summed E-state index contributed by atoms with van der Waals surface area (Å²) in [4.78, 5) is 28.1. The van der Waals surface area contributed by atoms with Gasteiger partial charge in [0.15, 0.2) is 0 Å². The first-order valence-electron chi connectivity index (χ1n) is 13.2. The Kier molecular flexibility index (Phi) is 8.54. The van der Waals surface area contributed by atoms with Gasteiger partial charge in [-0.25, -0.2) is 9.37 Å². The highest BCUT2D eigenvalue weighted by Crippen LogP contribution is 2.28. The summed E-state index contributed by atoms with van der Waals surface area (Å²) in [6.45, 7) is 4.75. The minimum atomic E-state index is -1.10. The van der Waals surface area contributed by atoms with E-state index < -0.39 is 5.34 Å². The molecule has 1 N–H and O–H groups in total. The molecule has 2 aliphatic heterocycles. The predicted octanol–water partition coefficient (Wildman–Crippen LogP) is 3.69. The number of anilines is 2. The molecule has 2 aliphatic rings. The van der Waals surface area contributed by atoms with Gasteiger partial charge in [0.2, 0.25) is 0 Å². The summed E-state index contributed by atoms with van der Waals surface area (Å²) in [6.07, 6.45) is 5.83. The molecule has 39 heavy (non-hydrogen) atoms. The molecule has 3 aromatic rings. The zero-order valence-corrected chi connectivity index (χ0v) is 22.5. The van der Waals surface area contributed by atoms with Crippen molar-refractivity contribution in [2.45, 2.75) is 37.2 Å². The second kappa shape index (κ2) is 12.1. The van der Waals surface area contributed by atoms with E-state index in [1.54, 1.807) is 42.7 Å². The number of rotatable bonds is 6. The number of amides is 1. The van der Waals surface area contributed by atoms with Crippen LogP contribution in [0.1, 0.15) is 35.3 Å². The molecule has 11 heteroatoms. The van der Waals surface area contributed by atoms with E-state index in [1.807, 2.05) is 11.0 Å². The SMILES string of the molecule is [B]C1([B])CCN(C2CCN(Cc3ccc(F)cc3Cl)CC2)CCN1c1cccc(C(=O)Nc2ccncc2)n1. The van der Waals surface area contributed by atoms with Crippen LogP contribution in [0.15, 0.2) is 60.9 Å². The number of hydrogen-bond acceptors (Lipinski definition) is 6. The van der Waals surface area contributed by atoms with E-state index in [-0.39, 0.29) is 17.4 Å². The lowest BCUT2D eigenvalue weighted by atomic mass is 9.59. The summed E-state index contributed by atoms with van der Waals surface area (Å²) in [6, 6.07) is 13.8. The zero-order valence-electron chi connectivity index (χ0n) is 21.8. The molecule has 5 rings (SSSR count). The Morgan fingerprint density at radius 3 is 2.56 bits per heavy atom. The monoisotopic (exact) mass is 542 g/mol. The van der Waals surface area contributed by atoms with Crippen LogP contribution in [0.5, 0.6) is 0 Å². The van der Waals surface area contributed by atoms with Gasteiger partial charge < -0.3 is 10.2 Å². The van der Waals surface area contributed by atoms with Crippen molar-refractivity contribution < 1.29 is 9.18 Å². The van der Waals surface area contributed by atoms with Crippen molar-refractivity contribution in [1.29, 1.82) is 0 Å². The maximum Gasteiger partial charge on any atom is 0.274 e. The molecule has 0 saturated carbocycles. The molecular formula is C28H30B2ClFN6O. The summed E-state index contributed by atoms with van der Waals surface area (Å²) in [5.74, 6) is -0.0493. The summed E-state index contributed by atoms with van der Waals surface area (Å²) in [5, 5.41) is 2.21. The fraction of sp³-hybridized carbons (Fsp3) is 0.393. The molecule has 4 heterocycles. The second-order valence-electron chi connectivity index (χ2n) is 10.2. The van der Waals surface area contributed by atoms with Crippen molar-refractivity contribution >= 4 is 44.7 Å². The van der Waals surface area contributed by atoms with Gasteiger partial charge in [-0.2, -0.15) is 0 Å². The van der Waals surface area contributed by atoms with E-state index in [9.17, 15) is 9.18 Å². The Balaban J connectivity index is 1.20. The molecule has 0 bridgehead atoms. The molecule has 2 fully saturated rings. The van der Waals surface area contributed by atoms with Crippen LogP contribution in [0.25, 0.3) is 0 Å². The quantitative estimate of drug-likeness (QED) is 0.480. The van der Waals surface area contributed by atoms with Crippen LogP contribution in [0.4, 0.5) is 15.9 Å². The Hall–Kier alpha value is -2.94. The van der Waals surface area contributed by atoms with Gasteiger partial charge in [0.25, 0.3) is 5.91 Å². The number of likely N-dealkylation sites (tertiary alicyclic amines) is 1. The number of nitrogens with one attached hydrogen (secondary N) is 1. The lowest BCUT2D eigenvalue weighted by Crippen LogP contribution is -2.51. The highest BCUT2D eigenvalue weighted by atomic mass is 35.5. The summed E-state index contributed by atoms with van der Waals surface area (Å²) >= 11 is 6.24. The lowest BCUT2D eigenvalue weighted by Gasteiger charge is -2.39. The van der Waals surface area contributed by atoms with Crippen LogP contribution < -0.4 is 10.2 Å². The molecule has 7 nitrogen and oxygen atoms in total. The van der Waals surface area contributed by atoms with E-state index >= 15 is 0 Å². The van der Waals surface area contributed by atoms with Crippen LogP contribution >= 0.6 is 11.6 Å². The van der Waals surface area contributed by atoms with Gasteiger partial charge >= 0.3 is 0 Å². The molecule has 0 spiro atoms. The number of hydrogen-bond donors (Lipinski definition) is 1. The van der Waals surface area contributed by atoms with Gasteiger partial charge in [-0.1, -0.05) is 23.7 Å². The van der Waals surface area contributed by atoms with Crippen molar-refractivity contribution in [3.63, 3.8) is 0 Å². The van der Waals surface area contributed by atoms with E-state index in [0.717, 1.165) is 44.6 Å². The molecule has 0 unspecified atom stereocenters. The molecule has 1 aromatic carbocycles. The van der Waals surface area contributed by atoms with E-state index in [1.165, 1.54) is 12.1 Å². The van der Waals surface area contributed by atoms with Crippen LogP contribution in [0.3, 0.4) is 0 Å². The fourth-order valence-corrected chi connectivity index (χ4v) is 5.59. The molecular weight excluding hydrogens is 512 g/mol. The van der Waals surface area contributed by atoms with Crippen molar-refractivity contribution in [3.8, 4) is 0 Å². The smallest absolute Gasteiger partial charge is 0.274 e. The molecule has 1 amide bonds. The topological polar surface area (TPSA) is 64.6 Å². The van der Waals surface area contributed by atoms with Crippen LogP contribution in [-0.2, 0) is 6.54 Å². The van der Waals surface area contributed by atoms with Crippen molar-refractivity contribution in [2.24, 2.45) is 0 Å². The Labute approximate surface area is 236 Å². The number of aromatic nitrogens is 2. The van der Waals surface area contributed by atoms with Gasteiger partial charge in [-0.05, 0) is 86.2 Å². The van der Waals surface area contributed by atoms with Gasteiger partial charge in [0.05, 0.1) is 15.7 Å². The van der Waals surface area contributed by atoms with Crippen molar-refractivity contribution in [1.82, 2.24) is 19.8 Å². The number of piperidine rings is 1. The second-order valence-corrected chi connectivity index (χ2v) is 10.7. The molecule has 198 valence electrons. The summed E-state index contributed by atoms with van der Waals surface area (Å²) in [5.41, 5.74) is 1.88. The average Bonchev–Trinajstić information content (AvgIpc) is 3.09. The first kappa shape index (κ1) is 27.6. The van der Waals surface area contributed by atoms with Gasteiger partial charge in [0.1, 0.15) is 17.3 Å². The normalized spacial score (nSPS) is 19.0. The van der Waals surface area contributed by atoms with Crippen LogP contribution in [-0.4, -0.2) is 85.5 Å². The highest BCUT2D eigenvalue weighted by Gasteiger charge is 2.34. The summed E-state index contributed by atoms with van der Waals surface area (Å²) in [7, 11) is 13.2. The Bertz CT molecular complexity index is 1290. The Morgan fingerprint density at radius 1 is 1.05 bits per heavy atom. The largest absolute Gasteiger partial charge is 0.367 e. The first-order valence-corrected chi connectivity index (χ1v) is 13.6. The minimum absolute atomic E-state index is 0.287. The van der Waals surface area contributed by atoms with Crippen LogP contribution in [0.2, 0.25) is 5.02 Å². The standard InChI is InChI=1S/C28H30B2ClFN6O/c29-28(30)10-15-37(23-8-13-36(14-9-23)19-20-4-5-21(32)18-24(20)31)16-17-38(28)26-3-1-2-25(35-26)27(39)34-22-6-11-33-12-7-22/h1-7,11-12,18,23H,8-10,13-17,19H2,(H,33,34,39). The van der Waals surface area contributed by atoms with Gasteiger partial charge in [0, 0.05) is 48.8 Å². The van der Waals surface area contributed by atoms with Gasteiger partial charge in [-0.3, -0.25) is 19.6 Å². The number of nitrogens with zero attached hydrogens (tertiary/aromatic N) is 5.